The Balaban J connectivity index is 2.02. The number of morpholine rings is 1. The zero-order valence-electron chi connectivity index (χ0n) is 9.83. The van der Waals surface area contributed by atoms with Crippen LogP contribution in [0.3, 0.4) is 0 Å². The molecular weight excluding hydrogens is 259 g/mol. The quantitative estimate of drug-likeness (QED) is 0.793. The van der Waals surface area contributed by atoms with Gasteiger partial charge in [0.1, 0.15) is 5.15 Å². The second-order valence-corrected chi connectivity index (χ2v) is 4.99. The summed E-state index contributed by atoms with van der Waals surface area (Å²) in [5.41, 5.74) is 0.843. The van der Waals surface area contributed by atoms with Crippen LogP contribution in [0.15, 0.2) is 12.1 Å². The molecule has 0 aromatic carbocycles. The molecule has 1 unspecified atom stereocenters. The molecule has 0 bridgehead atoms. The monoisotopic (exact) mass is 274 g/mol. The summed E-state index contributed by atoms with van der Waals surface area (Å²) in [4.78, 5) is 6.58. The van der Waals surface area contributed by atoms with Crippen LogP contribution in [0.25, 0.3) is 0 Å². The summed E-state index contributed by atoms with van der Waals surface area (Å²) >= 11 is 12.0. The molecule has 1 aliphatic rings. The highest BCUT2D eigenvalue weighted by molar-refractivity contribution is 6.32. The number of hydrogen-bond donors (Lipinski definition) is 0. The van der Waals surface area contributed by atoms with Crippen LogP contribution in [-0.4, -0.2) is 35.7 Å². The van der Waals surface area contributed by atoms with Gasteiger partial charge in [0.25, 0.3) is 0 Å². The first-order valence-corrected chi connectivity index (χ1v) is 6.59. The Kier molecular flexibility index (Phi) is 4.62. The van der Waals surface area contributed by atoms with Gasteiger partial charge in [-0.3, -0.25) is 4.90 Å². The molecule has 1 saturated heterocycles. The number of halogens is 2. The number of pyridine rings is 1. The fourth-order valence-electron chi connectivity index (χ4n) is 1.95. The smallest absolute Gasteiger partial charge is 0.129 e. The molecule has 94 valence electrons. The predicted molar refractivity (Wildman–Crippen MR) is 69.6 cm³/mol. The Morgan fingerprint density at radius 1 is 1.47 bits per heavy atom. The topological polar surface area (TPSA) is 25.4 Å². The van der Waals surface area contributed by atoms with E-state index in [-0.39, 0.29) is 0 Å². The molecule has 1 fully saturated rings. The van der Waals surface area contributed by atoms with Crippen molar-refractivity contribution >= 4 is 23.2 Å². The SMILES string of the molecule is CCC1CN(Cc2nc(Cl)ccc2Cl)CCO1. The highest BCUT2D eigenvalue weighted by Crippen LogP contribution is 2.20. The summed E-state index contributed by atoms with van der Waals surface area (Å²) in [6, 6.07) is 3.51. The summed E-state index contributed by atoms with van der Waals surface area (Å²) in [7, 11) is 0. The fraction of sp³-hybridized carbons (Fsp3) is 0.583. The van der Waals surface area contributed by atoms with Gasteiger partial charge in [-0.25, -0.2) is 4.98 Å². The van der Waals surface area contributed by atoms with Crippen molar-refractivity contribution in [3.8, 4) is 0 Å². The van der Waals surface area contributed by atoms with Crippen LogP contribution in [0.4, 0.5) is 0 Å². The molecule has 0 radical (unpaired) electrons. The van der Waals surface area contributed by atoms with E-state index >= 15 is 0 Å². The van der Waals surface area contributed by atoms with Crippen molar-refractivity contribution in [1.29, 1.82) is 0 Å². The first kappa shape index (κ1) is 13.1. The Labute approximate surface area is 112 Å². The Morgan fingerprint density at radius 3 is 3.06 bits per heavy atom. The lowest BCUT2D eigenvalue weighted by atomic mass is 10.2. The highest BCUT2D eigenvalue weighted by Gasteiger charge is 2.20. The zero-order chi connectivity index (χ0) is 12.3. The third-order valence-corrected chi connectivity index (χ3v) is 3.49. The molecule has 0 amide bonds. The van der Waals surface area contributed by atoms with E-state index in [1.165, 1.54) is 0 Å². The molecule has 1 aliphatic heterocycles. The van der Waals surface area contributed by atoms with Gasteiger partial charge in [-0.15, -0.1) is 0 Å². The maximum atomic E-state index is 6.11. The maximum absolute atomic E-state index is 6.11. The molecule has 17 heavy (non-hydrogen) atoms. The van der Waals surface area contributed by atoms with Crippen LogP contribution in [0.1, 0.15) is 19.0 Å². The number of rotatable bonds is 3. The average Bonchev–Trinajstić information content (AvgIpc) is 2.34. The Morgan fingerprint density at radius 2 is 2.29 bits per heavy atom. The predicted octanol–water partition coefficient (Wildman–Crippen LogP) is 3.00. The highest BCUT2D eigenvalue weighted by atomic mass is 35.5. The average molecular weight is 275 g/mol. The lowest BCUT2D eigenvalue weighted by molar-refractivity contribution is -0.0328. The first-order chi connectivity index (χ1) is 8.19. The van der Waals surface area contributed by atoms with Crippen molar-refractivity contribution in [3.05, 3.63) is 28.0 Å². The normalized spacial score (nSPS) is 21.7. The third kappa shape index (κ3) is 3.55. The summed E-state index contributed by atoms with van der Waals surface area (Å²) in [6.45, 7) is 5.50. The summed E-state index contributed by atoms with van der Waals surface area (Å²) in [6.07, 6.45) is 1.36. The molecule has 0 spiro atoms. The summed E-state index contributed by atoms with van der Waals surface area (Å²) < 4.78 is 5.63. The van der Waals surface area contributed by atoms with Crippen LogP contribution in [-0.2, 0) is 11.3 Å². The number of ether oxygens (including phenoxy) is 1. The van der Waals surface area contributed by atoms with E-state index in [1.807, 2.05) is 0 Å². The maximum Gasteiger partial charge on any atom is 0.129 e. The standard InChI is InChI=1S/C12H16Cl2N2O/c1-2-9-7-16(5-6-17-9)8-11-10(13)3-4-12(14)15-11/h3-4,9H,2,5-8H2,1H3. The fourth-order valence-corrected chi connectivity index (χ4v) is 2.28. The van der Waals surface area contributed by atoms with E-state index in [4.69, 9.17) is 27.9 Å². The summed E-state index contributed by atoms with van der Waals surface area (Å²) in [5.74, 6) is 0. The van der Waals surface area contributed by atoms with Crippen molar-refractivity contribution in [1.82, 2.24) is 9.88 Å². The van der Waals surface area contributed by atoms with E-state index in [9.17, 15) is 0 Å². The molecule has 2 heterocycles. The van der Waals surface area contributed by atoms with Gasteiger partial charge in [-0.2, -0.15) is 0 Å². The van der Waals surface area contributed by atoms with Crippen molar-refractivity contribution in [2.75, 3.05) is 19.7 Å². The van der Waals surface area contributed by atoms with E-state index in [0.29, 0.717) is 16.3 Å². The van der Waals surface area contributed by atoms with Crippen molar-refractivity contribution in [2.24, 2.45) is 0 Å². The Hall–Kier alpha value is -0.350. The van der Waals surface area contributed by atoms with Gasteiger partial charge in [0.05, 0.1) is 23.4 Å². The molecule has 0 N–H and O–H groups in total. The van der Waals surface area contributed by atoms with Crippen molar-refractivity contribution in [3.63, 3.8) is 0 Å². The number of hydrogen-bond acceptors (Lipinski definition) is 3. The van der Waals surface area contributed by atoms with Gasteiger partial charge in [-0.05, 0) is 18.6 Å². The van der Waals surface area contributed by atoms with Crippen LogP contribution >= 0.6 is 23.2 Å². The number of nitrogens with zero attached hydrogens (tertiary/aromatic N) is 2. The molecule has 0 aliphatic carbocycles. The molecular formula is C12H16Cl2N2O. The van der Waals surface area contributed by atoms with Crippen molar-refractivity contribution < 1.29 is 4.74 Å². The van der Waals surface area contributed by atoms with Gasteiger partial charge >= 0.3 is 0 Å². The molecule has 1 atom stereocenters. The first-order valence-electron chi connectivity index (χ1n) is 5.84. The molecule has 1 aromatic heterocycles. The number of aromatic nitrogens is 1. The third-order valence-electron chi connectivity index (χ3n) is 2.94. The zero-order valence-corrected chi connectivity index (χ0v) is 11.3. The molecule has 1 aromatic rings. The molecule has 0 saturated carbocycles. The van der Waals surface area contributed by atoms with Gasteiger partial charge in [-0.1, -0.05) is 30.1 Å². The van der Waals surface area contributed by atoms with Crippen LogP contribution < -0.4 is 0 Å². The van der Waals surface area contributed by atoms with Gasteiger partial charge in [0, 0.05) is 19.6 Å². The second-order valence-electron chi connectivity index (χ2n) is 4.20. The van der Waals surface area contributed by atoms with Gasteiger partial charge in [0.2, 0.25) is 0 Å². The molecule has 5 heteroatoms. The lowest BCUT2D eigenvalue weighted by Gasteiger charge is -2.32. The minimum absolute atomic E-state index is 0.321. The van der Waals surface area contributed by atoms with Crippen LogP contribution in [0.5, 0.6) is 0 Å². The molecule has 3 nitrogen and oxygen atoms in total. The Bertz CT molecular complexity index is 387. The molecule has 2 rings (SSSR count). The van der Waals surface area contributed by atoms with E-state index in [2.05, 4.69) is 16.8 Å². The summed E-state index contributed by atoms with van der Waals surface area (Å²) in [5, 5.41) is 1.17. The van der Waals surface area contributed by atoms with Crippen molar-refractivity contribution in [2.45, 2.75) is 26.0 Å². The van der Waals surface area contributed by atoms with Crippen LogP contribution in [0, 0.1) is 0 Å². The second kappa shape index (κ2) is 6.01. The van der Waals surface area contributed by atoms with E-state index in [0.717, 1.165) is 38.4 Å². The minimum Gasteiger partial charge on any atom is -0.376 e. The van der Waals surface area contributed by atoms with E-state index < -0.39 is 0 Å². The van der Waals surface area contributed by atoms with E-state index in [1.54, 1.807) is 12.1 Å². The van der Waals surface area contributed by atoms with Crippen LogP contribution in [0.2, 0.25) is 10.2 Å². The largest absolute Gasteiger partial charge is 0.376 e. The lowest BCUT2D eigenvalue weighted by Crippen LogP contribution is -2.41. The minimum atomic E-state index is 0.321. The van der Waals surface area contributed by atoms with Gasteiger partial charge in [0.15, 0.2) is 0 Å². The van der Waals surface area contributed by atoms with Gasteiger partial charge < -0.3 is 4.74 Å².